The second-order valence-electron chi connectivity index (χ2n) is 6.88. The molecular formula is C21H19F7N2O2. The molecule has 2 rings (SSSR count). The predicted molar refractivity (Wildman–Crippen MR) is 103 cm³/mol. The van der Waals surface area contributed by atoms with E-state index in [9.17, 15) is 35.5 Å². The van der Waals surface area contributed by atoms with Crippen LogP contribution >= 0.6 is 0 Å². The average Bonchev–Trinajstić information content (AvgIpc) is 2.69. The highest BCUT2D eigenvalue weighted by Crippen LogP contribution is 2.38. The Bertz CT molecular complexity index is 1010. The van der Waals surface area contributed by atoms with E-state index in [-0.39, 0.29) is 17.2 Å². The maximum absolute atomic E-state index is 13.9. The summed E-state index contributed by atoms with van der Waals surface area (Å²) in [4.78, 5) is 17.7. The van der Waals surface area contributed by atoms with E-state index < -0.39 is 53.1 Å². The van der Waals surface area contributed by atoms with Crippen LogP contribution in [0.25, 0.3) is 0 Å². The van der Waals surface area contributed by atoms with Crippen molar-refractivity contribution in [2.45, 2.75) is 32.8 Å². The number of rotatable bonds is 6. The minimum absolute atomic E-state index is 0.127. The molecule has 32 heavy (non-hydrogen) atoms. The number of aryl methyl sites for hydroxylation is 1. The summed E-state index contributed by atoms with van der Waals surface area (Å²) in [5, 5.41) is 0. The van der Waals surface area contributed by atoms with Crippen LogP contribution < -0.4 is 0 Å². The van der Waals surface area contributed by atoms with Crippen LogP contribution in [0.5, 0.6) is 0 Å². The first-order valence-corrected chi connectivity index (χ1v) is 9.23. The highest BCUT2D eigenvalue weighted by molar-refractivity contribution is 5.92. The molecule has 0 amide bonds. The molecule has 0 radical (unpaired) electrons. The van der Waals surface area contributed by atoms with Gasteiger partial charge in [-0.05, 0) is 43.7 Å². The molecule has 0 atom stereocenters. The third-order valence-electron chi connectivity index (χ3n) is 4.50. The first-order chi connectivity index (χ1) is 14.7. The van der Waals surface area contributed by atoms with E-state index in [2.05, 4.69) is 4.99 Å². The third-order valence-corrected chi connectivity index (χ3v) is 4.50. The summed E-state index contributed by atoms with van der Waals surface area (Å²) >= 11 is 0. The zero-order chi connectivity index (χ0) is 24.3. The number of carbonyl (C=O) groups excluding carboxylic acids is 1. The highest BCUT2D eigenvalue weighted by atomic mass is 19.4. The van der Waals surface area contributed by atoms with Crippen molar-refractivity contribution in [3.05, 3.63) is 64.0 Å². The van der Waals surface area contributed by atoms with Crippen LogP contribution in [0.2, 0.25) is 0 Å². The minimum atomic E-state index is -4.82. The van der Waals surface area contributed by atoms with Gasteiger partial charge in [-0.25, -0.2) is 14.2 Å². The van der Waals surface area contributed by atoms with Crippen molar-refractivity contribution in [3.8, 4) is 0 Å². The molecule has 11 heteroatoms. The number of ether oxygens (including phenoxy) is 1. The Morgan fingerprint density at radius 1 is 1.09 bits per heavy atom. The standard InChI is InChI=1S/C21H19F7N2O2/c1-4-30(3)11-29-18-7-12(2)15(9-16(18)21(26,27)28)19(31)32-10-13-5-6-14(8-17(13)22)20(23,24)25/h5-9,11H,4,10H2,1-3H3. The molecule has 2 aromatic rings. The lowest BCUT2D eigenvalue weighted by atomic mass is 10.0. The second kappa shape index (κ2) is 9.58. The number of hydrogen-bond acceptors (Lipinski definition) is 3. The summed E-state index contributed by atoms with van der Waals surface area (Å²) in [6.07, 6.45) is -8.35. The summed E-state index contributed by atoms with van der Waals surface area (Å²) in [6, 6.07) is 3.30. The fourth-order valence-corrected chi connectivity index (χ4v) is 2.55. The molecule has 0 saturated carbocycles. The van der Waals surface area contributed by atoms with Crippen LogP contribution in [0.1, 0.15) is 39.5 Å². The molecule has 0 spiro atoms. The number of alkyl halides is 6. The second-order valence-corrected chi connectivity index (χ2v) is 6.88. The summed E-state index contributed by atoms with van der Waals surface area (Å²) in [7, 11) is 1.62. The molecule has 0 aliphatic carbocycles. The number of carbonyl (C=O) groups is 1. The fourth-order valence-electron chi connectivity index (χ4n) is 2.55. The van der Waals surface area contributed by atoms with E-state index in [0.717, 1.165) is 12.1 Å². The van der Waals surface area contributed by atoms with Gasteiger partial charge in [0.2, 0.25) is 0 Å². The van der Waals surface area contributed by atoms with E-state index in [1.54, 1.807) is 18.9 Å². The fraction of sp³-hybridized carbons (Fsp3) is 0.333. The molecule has 0 unspecified atom stereocenters. The van der Waals surface area contributed by atoms with Gasteiger partial charge in [0, 0.05) is 19.2 Å². The Kier molecular flexibility index (Phi) is 7.53. The van der Waals surface area contributed by atoms with Gasteiger partial charge in [0.1, 0.15) is 12.4 Å². The number of benzene rings is 2. The van der Waals surface area contributed by atoms with Gasteiger partial charge in [-0.2, -0.15) is 26.3 Å². The number of esters is 1. The number of nitrogens with zero attached hydrogens (tertiary/aromatic N) is 2. The molecule has 2 aromatic carbocycles. The van der Waals surface area contributed by atoms with Crippen molar-refractivity contribution in [1.29, 1.82) is 0 Å². The first-order valence-electron chi connectivity index (χ1n) is 9.23. The van der Waals surface area contributed by atoms with Crippen LogP contribution in [0, 0.1) is 12.7 Å². The van der Waals surface area contributed by atoms with Crippen molar-refractivity contribution in [2.75, 3.05) is 13.6 Å². The number of aliphatic imine (C=N–C) groups is 1. The highest BCUT2D eigenvalue weighted by Gasteiger charge is 2.35. The average molecular weight is 464 g/mol. The van der Waals surface area contributed by atoms with Crippen LogP contribution in [0.4, 0.5) is 36.4 Å². The van der Waals surface area contributed by atoms with Crippen LogP contribution in [-0.4, -0.2) is 30.8 Å². The zero-order valence-corrected chi connectivity index (χ0v) is 17.2. The lowest BCUT2D eigenvalue weighted by Gasteiger charge is -2.15. The number of hydrogen-bond donors (Lipinski definition) is 0. The Hall–Kier alpha value is -3.11. The molecule has 0 N–H and O–H groups in total. The van der Waals surface area contributed by atoms with E-state index in [4.69, 9.17) is 4.74 Å². The smallest absolute Gasteiger partial charge is 0.418 e. The molecule has 0 aromatic heterocycles. The Morgan fingerprint density at radius 3 is 2.28 bits per heavy atom. The Labute approximate surface area is 179 Å². The summed E-state index contributed by atoms with van der Waals surface area (Å²) in [5.41, 5.74) is -3.45. The van der Waals surface area contributed by atoms with Crippen LogP contribution in [0.15, 0.2) is 35.3 Å². The molecule has 0 saturated heterocycles. The van der Waals surface area contributed by atoms with Gasteiger partial charge in [-0.3, -0.25) is 0 Å². The number of halogens is 7. The van der Waals surface area contributed by atoms with Crippen molar-refractivity contribution in [2.24, 2.45) is 4.99 Å². The third kappa shape index (κ3) is 6.21. The molecule has 0 fully saturated rings. The SMILES string of the molecule is CCN(C)C=Nc1cc(C)c(C(=O)OCc2ccc(C(F)(F)F)cc2F)cc1C(F)(F)F. The monoisotopic (exact) mass is 464 g/mol. The summed E-state index contributed by atoms with van der Waals surface area (Å²) < 4.78 is 97.0. The van der Waals surface area contributed by atoms with E-state index >= 15 is 0 Å². The molecule has 0 heterocycles. The van der Waals surface area contributed by atoms with Crippen molar-refractivity contribution >= 4 is 18.0 Å². The largest absolute Gasteiger partial charge is 0.457 e. The minimum Gasteiger partial charge on any atom is -0.457 e. The van der Waals surface area contributed by atoms with Gasteiger partial charge >= 0.3 is 18.3 Å². The lowest BCUT2D eigenvalue weighted by molar-refractivity contribution is -0.138. The van der Waals surface area contributed by atoms with E-state index in [1.807, 2.05) is 0 Å². The molecule has 0 bridgehead atoms. The predicted octanol–water partition coefficient (Wildman–Crippen LogP) is 6.14. The lowest BCUT2D eigenvalue weighted by Crippen LogP contribution is -2.15. The summed E-state index contributed by atoms with van der Waals surface area (Å²) in [6.45, 7) is 2.90. The zero-order valence-electron chi connectivity index (χ0n) is 17.2. The maximum Gasteiger partial charge on any atom is 0.418 e. The normalized spacial score (nSPS) is 12.3. The van der Waals surface area contributed by atoms with Crippen molar-refractivity contribution < 1.29 is 40.3 Å². The van der Waals surface area contributed by atoms with Gasteiger partial charge in [0.15, 0.2) is 0 Å². The molecule has 0 aliphatic rings. The van der Waals surface area contributed by atoms with E-state index in [1.165, 1.54) is 13.3 Å². The van der Waals surface area contributed by atoms with Crippen LogP contribution in [-0.2, 0) is 23.7 Å². The van der Waals surface area contributed by atoms with Gasteiger partial charge in [0.05, 0.1) is 28.7 Å². The Morgan fingerprint density at radius 2 is 1.75 bits per heavy atom. The molecule has 4 nitrogen and oxygen atoms in total. The molecule has 174 valence electrons. The van der Waals surface area contributed by atoms with Crippen LogP contribution in [0.3, 0.4) is 0 Å². The summed E-state index contributed by atoms with van der Waals surface area (Å²) in [5.74, 6) is -2.45. The van der Waals surface area contributed by atoms with Crippen molar-refractivity contribution in [3.63, 3.8) is 0 Å². The quantitative estimate of drug-likeness (QED) is 0.223. The first kappa shape index (κ1) is 25.2. The van der Waals surface area contributed by atoms with Gasteiger partial charge < -0.3 is 9.64 Å². The molecular weight excluding hydrogens is 445 g/mol. The van der Waals surface area contributed by atoms with Gasteiger partial charge in [-0.1, -0.05) is 6.07 Å². The topological polar surface area (TPSA) is 41.9 Å². The Balaban J connectivity index is 2.29. The van der Waals surface area contributed by atoms with Crippen molar-refractivity contribution in [1.82, 2.24) is 4.90 Å². The van der Waals surface area contributed by atoms with E-state index in [0.29, 0.717) is 18.7 Å². The van der Waals surface area contributed by atoms with Gasteiger partial charge in [0.25, 0.3) is 0 Å². The maximum atomic E-state index is 13.9. The van der Waals surface area contributed by atoms with Gasteiger partial charge in [-0.15, -0.1) is 0 Å². The molecule has 0 aliphatic heterocycles.